The number of hydrogen-bond donors (Lipinski definition) is 0. The van der Waals surface area contributed by atoms with Crippen molar-refractivity contribution in [1.82, 2.24) is 4.98 Å². The van der Waals surface area contributed by atoms with Crippen LogP contribution in [0.15, 0.2) is 42.3 Å². The Morgan fingerprint density at radius 3 is 2.19 bits per heavy atom. The Balaban J connectivity index is 0.00000128. The van der Waals surface area contributed by atoms with E-state index in [-0.39, 0.29) is 24.0 Å². The summed E-state index contributed by atoms with van der Waals surface area (Å²) in [6, 6.07) is 3.45. The molecule has 4 heteroatoms. The smallest absolute Gasteiger partial charge is 0.186 e. The first-order valence-electron chi connectivity index (χ1n) is 4.58. The van der Waals surface area contributed by atoms with Gasteiger partial charge < -0.3 is 0 Å². The van der Waals surface area contributed by atoms with Gasteiger partial charge in [0, 0.05) is 23.5 Å². The first kappa shape index (κ1) is 12.3. The molecule has 0 saturated carbocycles. The second-order valence-electron chi connectivity index (χ2n) is 3.30. The van der Waals surface area contributed by atoms with Crippen LogP contribution in [0.4, 0.5) is 0 Å². The van der Waals surface area contributed by atoms with Crippen LogP contribution in [-0.4, -0.2) is 16.6 Å². The first-order chi connectivity index (χ1) is 7.20. The fraction of sp³-hybridized carbons (Fsp3) is 0.0833. The molecule has 0 bridgehead atoms. The van der Waals surface area contributed by atoms with Crippen LogP contribution < -0.4 is 0 Å². The Morgan fingerprint density at radius 2 is 1.56 bits per heavy atom. The molecule has 0 aliphatic heterocycles. The minimum atomic E-state index is -0.127. The average molecular weight is 236 g/mol. The van der Waals surface area contributed by atoms with E-state index in [9.17, 15) is 9.59 Å². The summed E-state index contributed by atoms with van der Waals surface area (Å²) in [5.74, 6) is -0.236. The van der Waals surface area contributed by atoms with E-state index in [0.29, 0.717) is 11.1 Å². The van der Waals surface area contributed by atoms with E-state index < -0.39 is 0 Å². The lowest BCUT2D eigenvalue weighted by molar-refractivity contribution is -0.113. The number of rotatable bonds is 1. The highest BCUT2D eigenvalue weighted by molar-refractivity contribution is 6.35. The van der Waals surface area contributed by atoms with E-state index in [1.54, 1.807) is 31.5 Å². The number of ketones is 2. The van der Waals surface area contributed by atoms with Gasteiger partial charge in [-0.1, -0.05) is 0 Å². The molecule has 0 aromatic carbocycles. The molecule has 2 rings (SSSR count). The van der Waals surface area contributed by atoms with Crippen LogP contribution in [0, 0.1) is 0 Å². The standard InChI is InChI=1S/C12H9NO2.ClH/c1-8-10(14)2-3-11(15)12(8)9-4-6-13-7-5-9;/h2-7H,1H3;1H. The number of hydrogen-bond acceptors (Lipinski definition) is 3. The van der Waals surface area contributed by atoms with E-state index in [1.165, 1.54) is 12.2 Å². The summed E-state index contributed by atoms with van der Waals surface area (Å²) in [7, 11) is 0. The second-order valence-corrected chi connectivity index (χ2v) is 3.30. The molecule has 0 saturated heterocycles. The minimum Gasteiger partial charge on any atom is -0.290 e. The largest absolute Gasteiger partial charge is 0.290 e. The lowest BCUT2D eigenvalue weighted by Crippen LogP contribution is -2.11. The molecule has 1 aromatic heterocycles. The van der Waals surface area contributed by atoms with Crippen LogP contribution in [0.2, 0.25) is 0 Å². The lowest BCUT2D eigenvalue weighted by atomic mass is 9.91. The third-order valence-corrected chi connectivity index (χ3v) is 2.35. The number of aromatic nitrogens is 1. The van der Waals surface area contributed by atoms with Crippen LogP contribution in [0.3, 0.4) is 0 Å². The zero-order chi connectivity index (χ0) is 10.8. The molecule has 0 radical (unpaired) electrons. The molecule has 0 spiro atoms. The van der Waals surface area contributed by atoms with Crippen molar-refractivity contribution in [3.05, 3.63) is 47.8 Å². The monoisotopic (exact) mass is 235 g/mol. The number of halogens is 1. The third-order valence-electron chi connectivity index (χ3n) is 2.35. The highest BCUT2D eigenvalue weighted by Crippen LogP contribution is 2.23. The summed E-state index contributed by atoms with van der Waals surface area (Å²) in [5.41, 5.74) is 1.71. The quantitative estimate of drug-likeness (QED) is 0.700. The van der Waals surface area contributed by atoms with Crippen molar-refractivity contribution in [2.24, 2.45) is 0 Å². The predicted octanol–water partition coefficient (Wildman–Crippen LogP) is 1.98. The molecule has 0 unspecified atom stereocenters. The summed E-state index contributed by atoms with van der Waals surface area (Å²) in [6.07, 6.45) is 5.82. The maximum atomic E-state index is 11.6. The molecule has 1 aliphatic carbocycles. The maximum absolute atomic E-state index is 11.6. The number of nitrogens with zero attached hydrogens (tertiary/aromatic N) is 1. The van der Waals surface area contributed by atoms with Gasteiger partial charge in [0.2, 0.25) is 0 Å². The van der Waals surface area contributed by atoms with Gasteiger partial charge in [-0.15, -0.1) is 12.4 Å². The van der Waals surface area contributed by atoms with Gasteiger partial charge in [0.05, 0.1) is 0 Å². The highest BCUT2D eigenvalue weighted by Gasteiger charge is 2.20. The van der Waals surface area contributed by atoms with Gasteiger partial charge in [0.15, 0.2) is 11.6 Å². The molecule has 1 heterocycles. The summed E-state index contributed by atoms with van der Waals surface area (Å²) >= 11 is 0. The molecule has 1 aromatic rings. The van der Waals surface area contributed by atoms with Crippen molar-refractivity contribution in [1.29, 1.82) is 0 Å². The number of allylic oxidation sites excluding steroid dienone is 4. The van der Waals surface area contributed by atoms with Crippen LogP contribution in [-0.2, 0) is 9.59 Å². The zero-order valence-corrected chi connectivity index (χ0v) is 9.45. The molecule has 16 heavy (non-hydrogen) atoms. The lowest BCUT2D eigenvalue weighted by Gasteiger charge is -2.11. The topological polar surface area (TPSA) is 47.0 Å². The summed E-state index contributed by atoms with van der Waals surface area (Å²) < 4.78 is 0. The van der Waals surface area contributed by atoms with Gasteiger partial charge in [-0.25, -0.2) is 0 Å². The van der Waals surface area contributed by atoms with Gasteiger partial charge in [0.25, 0.3) is 0 Å². The van der Waals surface area contributed by atoms with E-state index in [4.69, 9.17) is 0 Å². The molecule has 3 nitrogen and oxygen atoms in total. The number of carbonyl (C=O) groups is 2. The van der Waals surface area contributed by atoms with Crippen molar-refractivity contribution < 1.29 is 9.59 Å². The van der Waals surface area contributed by atoms with Gasteiger partial charge in [-0.3, -0.25) is 14.6 Å². The molecule has 0 atom stereocenters. The third kappa shape index (κ3) is 2.09. The van der Waals surface area contributed by atoms with Crippen LogP contribution in [0.5, 0.6) is 0 Å². The molecular formula is C12H10ClNO2. The zero-order valence-electron chi connectivity index (χ0n) is 8.64. The van der Waals surface area contributed by atoms with Gasteiger partial charge in [-0.05, 0) is 36.8 Å². The van der Waals surface area contributed by atoms with Crippen molar-refractivity contribution in [2.75, 3.05) is 0 Å². The molecule has 1 aliphatic rings. The van der Waals surface area contributed by atoms with Gasteiger partial charge in [-0.2, -0.15) is 0 Å². The predicted molar refractivity (Wildman–Crippen MR) is 63.2 cm³/mol. The molecule has 82 valence electrons. The Hall–Kier alpha value is -1.74. The van der Waals surface area contributed by atoms with Crippen molar-refractivity contribution in [3.63, 3.8) is 0 Å². The fourth-order valence-electron chi connectivity index (χ4n) is 1.55. The molecule has 0 amide bonds. The van der Waals surface area contributed by atoms with Crippen LogP contribution in [0.25, 0.3) is 5.57 Å². The van der Waals surface area contributed by atoms with E-state index >= 15 is 0 Å². The Labute approximate surface area is 99.3 Å². The Bertz CT molecular complexity index is 489. The van der Waals surface area contributed by atoms with Crippen LogP contribution >= 0.6 is 12.4 Å². The van der Waals surface area contributed by atoms with Crippen LogP contribution in [0.1, 0.15) is 12.5 Å². The van der Waals surface area contributed by atoms with Crippen molar-refractivity contribution >= 4 is 29.5 Å². The van der Waals surface area contributed by atoms with E-state index in [2.05, 4.69) is 4.98 Å². The molecule has 0 fully saturated rings. The van der Waals surface area contributed by atoms with E-state index in [1.807, 2.05) is 0 Å². The summed E-state index contributed by atoms with van der Waals surface area (Å²) in [4.78, 5) is 26.9. The molecular weight excluding hydrogens is 226 g/mol. The number of carbonyl (C=O) groups excluding carboxylic acids is 2. The summed E-state index contributed by atoms with van der Waals surface area (Å²) in [5, 5.41) is 0. The van der Waals surface area contributed by atoms with Crippen molar-refractivity contribution in [3.8, 4) is 0 Å². The SMILES string of the molecule is CC1=C(c2ccncc2)C(=O)C=CC1=O.Cl. The Kier molecular flexibility index (Phi) is 3.74. The second kappa shape index (κ2) is 4.86. The number of pyridine rings is 1. The van der Waals surface area contributed by atoms with Gasteiger partial charge in [0.1, 0.15) is 0 Å². The molecule has 0 N–H and O–H groups in total. The van der Waals surface area contributed by atoms with Crippen molar-refractivity contribution in [2.45, 2.75) is 6.92 Å². The normalized spacial score (nSPS) is 15.1. The first-order valence-corrected chi connectivity index (χ1v) is 4.58. The fourth-order valence-corrected chi connectivity index (χ4v) is 1.55. The van der Waals surface area contributed by atoms with E-state index in [0.717, 1.165) is 5.56 Å². The maximum Gasteiger partial charge on any atom is 0.186 e. The highest BCUT2D eigenvalue weighted by atomic mass is 35.5. The minimum absolute atomic E-state index is 0. The summed E-state index contributed by atoms with van der Waals surface area (Å²) in [6.45, 7) is 1.67. The Morgan fingerprint density at radius 1 is 1.00 bits per heavy atom. The van der Waals surface area contributed by atoms with Gasteiger partial charge >= 0.3 is 0 Å². The average Bonchev–Trinajstić information content (AvgIpc) is 2.26.